The molecule has 0 aliphatic heterocycles. The molecule has 0 unspecified atom stereocenters. The highest BCUT2D eigenvalue weighted by atomic mass is 19.1. The van der Waals surface area contributed by atoms with Gasteiger partial charge in [-0.2, -0.15) is 0 Å². The molecule has 0 fully saturated rings. The lowest BCUT2D eigenvalue weighted by Gasteiger charge is -2.12. The van der Waals surface area contributed by atoms with E-state index >= 15 is 0 Å². The Labute approximate surface area is 101 Å². The maximum atomic E-state index is 14.0. The number of rotatable bonds is 1. The summed E-state index contributed by atoms with van der Waals surface area (Å²) in [4.78, 5) is 0. The molecule has 1 nitrogen and oxygen atoms in total. The van der Waals surface area contributed by atoms with E-state index in [4.69, 9.17) is 5.73 Å². The van der Waals surface area contributed by atoms with Gasteiger partial charge in [0.2, 0.25) is 0 Å². The SMILES string of the molecule is Cc1ccc(-c2c(C)cc(C)cc2F)c(N)c1. The van der Waals surface area contributed by atoms with Crippen LogP contribution < -0.4 is 5.73 Å². The highest BCUT2D eigenvalue weighted by Gasteiger charge is 2.11. The fourth-order valence-corrected chi connectivity index (χ4v) is 2.17. The molecule has 0 amide bonds. The molecule has 88 valence electrons. The van der Waals surface area contributed by atoms with E-state index in [1.54, 1.807) is 6.07 Å². The quantitative estimate of drug-likeness (QED) is 0.735. The summed E-state index contributed by atoms with van der Waals surface area (Å²) in [5.74, 6) is -0.210. The number of nitrogen functional groups attached to an aromatic ring is 1. The van der Waals surface area contributed by atoms with E-state index in [1.807, 2.05) is 45.0 Å². The number of hydrogen-bond acceptors (Lipinski definition) is 1. The van der Waals surface area contributed by atoms with Crippen molar-refractivity contribution in [2.45, 2.75) is 20.8 Å². The van der Waals surface area contributed by atoms with Crippen LogP contribution in [0.5, 0.6) is 0 Å². The van der Waals surface area contributed by atoms with Gasteiger partial charge < -0.3 is 5.73 Å². The first-order valence-electron chi connectivity index (χ1n) is 5.62. The van der Waals surface area contributed by atoms with Crippen LogP contribution in [0, 0.1) is 26.6 Å². The Morgan fingerprint density at radius 2 is 1.65 bits per heavy atom. The van der Waals surface area contributed by atoms with E-state index in [9.17, 15) is 4.39 Å². The van der Waals surface area contributed by atoms with Gasteiger partial charge in [-0.1, -0.05) is 18.2 Å². The Kier molecular flexibility index (Phi) is 2.88. The number of nitrogens with two attached hydrogens (primary N) is 1. The van der Waals surface area contributed by atoms with Gasteiger partial charge in [-0.3, -0.25) is 0 Å². The van der Waals surface area contributed by atoms with Gasteiger partial charge >= 0.3 is 0 Å². The average Bonchev–Trinajstić information content (AvgIpc) is 2.19. The van der Waals surface area contributed by atoms with Crippen molar-refractivity contribution in [2.75, 3.05) is 5.73 Å². The van der Waals surface area contributed by atoms with E-state index in [0.717, 1.165) is 22.3 Å². The van der Waals surface area contributed by atoms with Crippen LogP contribution in [0.3, 0.4) is 0 Å². The Morgan fingerprint density at radius 3 is 2.24 bits per heavy atom. The minimum atomic E-state index is -0.210. The minimum Gasteiger partial charge on any atom is -0.398 e. The summed E-state index contributed by atoms with van der Waals surface area (Å²) in [5, 5.41) is 0. The normalized spacial score (nSPS) is 10.6. The van der Waals surface area contributed by atoms with Crippen LogP contribution in [0.2, 0.25) is 0 Å². The standard InChI is InChI=1S/C15H16FN/c1-9-4-5-12(14(17)8-9)15-11(3)6-10(2)7-13(15)16/h4-8H,17H2,1-3H3. The third kappa shape index (κ3) is 2.16. The molecule has 0 atom stereocenters. The molecule has 0 bridgehead atoms. The third-order valence-corrected chi connectivity index (χ3v) is 2.91. The van der Waals surface area contributed by atoms with E-state index in [1.165, 1.54) is 0 Å². The van der Waals surface area contributed by atoms with Crippen LogP contribution in [0.15, 0.2) is 30.3 Å². The lowest BCUT2D eigenvalue weighted by atomic mass is 9.96. The predicted octanol–water partition coefficient (Wildman–Crippen LogP) is 4.00. The van der Waals surface area contributed by atoms with Crippen molar-refractivity contribution in [3.63, 3.8) is 0 Å². The summed E-state index contributed by atoms with van der Waals surface area (Å²) in [7, 11) is 0. The van der Waals surface area contributed by atoms with Crippen LogP contribution in [0.4, 0.5) is 10.1 Å². The first-order valence-corrected chi connectivity index (χ1v) is 5.62. The van der Waals surface area contributed by atoms with Crippen molar-refractivity contribution >= 4 is 5.69 Å². The zero-order chi connectivity index (χ0) is 12.6. The molecule has 17 heavy (non-hydrogen) atoms. The molecule has 0 saturated heterocycles. The number of benzene rings is 2. The maximum absolute atomic E-state index is 14.0. The Morgan fingerprint density at radius 1 is 0.941 bits per heavy atom. The van der Waals surface area contributed by atoms with Gasteiger partial charge in [-0.15, -0.1) is 0 Å². The molecule has 2 aromatic rings. The number of halogens is 1. The molecule has 2 rings (SSSR count). The highest BCUT2D eigenvalue weighted by Crippen LogP contribution is 2.32. The first kappa shape index (κ1) is 11.6. The van der Waals surface area contributed by atoms with E-state index < -0.39 is 0 Å². The van der Waals surface area contributed by atoms with Crippen molar-refractivity contribution in [3.05, 3.63) is 52.8 Å². The first-order chi connectivity index (χ1) is 7.99. The second-order valence-electron chi connectivity index (χ2n) is 4.53. The van der Waals surface area contributed by atoms with Crippen LogP contribution in [-0.2, 0) is 0 Å². The largest absolute Gasteiger partial charge is 0.398 e. The second-order valence-corrected chi connectivity index (χ2v) is 4.53. The fourth-order valence-electron chi connectivity index (χ4n) is 2.17. The van der Waals surface area contributed by atoms with Gasteiger partial charge in [0.05, 0.1) is 0 Å². The summed E-state index contributed by atoms with van der Waals surface area (Å²) in [6.07, 6.45) is 0. The van der Waals surface area contributed by atoms with E-state index in [0.29, 0.717) is 11.3 Å². The summed E-state index contributed by atoms with van der Waals surface area (Å²) in [6.45, 7) is 5.77. The summed E-state index contributed by atoms with van der Waals surface area (Å²) >= 11 is 0. The highest BCUT2D eigenvalue weighted by molar-refractivity contribution is 5.79. The summed E-state index contributed by atoms with van der Waals surface area (Å²) in [6, 6.07) is 9.21. The third-order valence-electron chi connectivity index (χ3n) is 2.91. The van der Waals surface area contributed by atoms with Crippen molar-refractivity contribution in [3.8, 4) is 11.1 Å². The molecule has 0 heterocycles. The van der Waals surface area contributed by atoms with Crippen LogP contribution in [0.25, 0.3) is 11.1 Å². The number of hydrogen-bond donors (Lipinski definition) is 1. The van der Waals surface area contributed by atoms with E-state index in [-0.39, 0.29) is 5.82 Å². The van der Waals surface area contributed by atoms with Crippen molar-refractivity contribution in [2.24, 2.45) is 0 Å². The van der Waals surface area contributed by atoms with Gasteiger partial charge in [0.1, 0.15) is 5.82 Å². The lowest BCUT2D eigenvalue weighted by Crippen LogP contribution is -1.96. The Hall–Kier alpha value is -1.83. The monoisotopic (exact) mass is 229 g/mol. The van der Waals surface area contributed by atoms with E-state index in [2.05, 4.69) is 0 Å². The predicted molar refractivity (Wildman–Crippen MR) is 70.5 cm³/mol. The Balaban J connectivity index is 2.68. The van der Waals surface area contributed by atoms with Gasteiger partial charge in [-0.25, -0.2) is 4.39 Å². The lowest BCUT2D eigenvalue weighted by molar-refractivity contribution is 0.629. The Bertz CT molecular complexity index is 550. The molecule has 2 heteroatoms. The molecular formula is C15H16FN. The van der Waals surface area contributed by atoms with Crippen molar-refractivity contribution < 1.29 is 4.39 Å². The summed E-state index contributed by atoms with van der Waals surface area (Å²) in [5.41, 5.74) is 10.9. The number of anilines is 1. The topological polar surface area (TPSA) is 26.0 Å². The molecule has 2 N–H and O–H groups in total. The average molecular weight is 229 g/mol. The zero-order valence-corrected chi connectivity index (χ0v) is 10.3. The van der Waals surface area contributed by atoms with Gasteiger partial charge in [0, 0.05) is 16.8 Å². The number of aryl methyl sites for hydroxylation is 3. The van der Waals surface area contributed by atoms with Crippen LogP contribution in [-0.4, -0.2) is 0 Å². The molecule has 2 aromatic carbocycles. The maximum Gasteiger partial charge on any atom is 0.131 e. The van der Waals surface area contributed by atoms with Crippen LogP contribution >= 0.6 is 0 Å². The van der Waals surface area contributed by atoms with Gasteiger partial charge in [-0.05, 0) is 49.6 Å². The molecule has 0 saturated carbocycles. The fraction of sp³-hybridized carbons (Fsp3) is 0.200. The second kappa shape index (κ2) is 4.21. The molecule has 0 spiro atoms. The molecule has 0 aliphatic rings. The smallest absolute Gasteiger partial charge is 0.131 e. The zero-order valence-electron chi connectivity index (χ0n) is 10.3. The summed E-state index contributed by atoms with van der Waals surface area (Å²) < 4.78 is 14.0. The minimum absolute atomic E-state index is 0.210. The van der Waals surface area contributed by atoms with Gasteiger partial charge in [0.15, 0.2) is 0 Å². The molecule has 0 aliphatic carbocycles. The van der Waals surface area contributed by atoms with Crippen molar-refractivity contribution in [1.82, 2.24) is 0 Å². The molecule has 0 aromatic heterocycles. The molecular weight excluding hydrogens is 213 g/mol. The van der Waals surface area contributed by atoms with Crippen LogP contribution in [0.1, 0.15) is 16.7 Å². The van der Waals surface area contributed by atoms with Crippen molar-refractivity contribution in [1.29, 1.82) is 0 Å². The molecule has 0 radical (unpaired) electrons. The van der Waals surface area contributed by atoms with Gasteiger partial charge in [0.25, 0.3) is 0 Å².